The molecular weight excluding hydrogens is 541 g/mol. The van der Waals surface area contributed by atoms with E-state index in [0.29, 0.717) is 48.4 Å². The predicted molar refractivity (Wildman–Crippen MR) is 156 cm³/mol. The maximum Gasteiger partial charge on any atom is 0.243 e. The summed E-state index contributed by atoms with van der Waals surface area (Å²) in [5, 5.41) is 3.19. The number of aromatic nitrogens is 1. The molecule has 0 unspecified atom stereocenters. The Morgan fingerprint density at radius 1 is 0.921 bits per heavy atom. The first-order valence-electron chi connectivity index (χ1n) is 13.2. The number of hydrogen-bond acceptors (Lipinski definition) is 5. The molecule has 1 aliphatic rings. The molecular formula is C29H37ClFN3O2S2. The maximum atomic E-state index is 14.1. The molecule has 9 heteroatoms. The Kier molecular flexibility index (Phi) is 8.87. The highest BCUT2D eigenvalue weighted by Crippen LogP contribution is 2.37. The largest absolute Gasteiger partial charge is 0.345 e. The first kappa shape index (κ1) is 29.0. The summed E-state index contributed by atoms with van der Waals surface area (Å²) in [4.78, 5) is 7.37. The van der Waals surface area contributed by atoms with Gasteiger partial charge in [-0.3, -0.25) is 0 Å². The highest BCUT2D eigenvalue weighted by atomic mass is 35.5. The fraction of sp³-hybridized carbons (Fsp3) is 0.483. The highest BCUT2D eigenvalue weighted by molar-refractivity contribution is 7.89. The van der Waals surface area contributed by atoms with Crippen LogP contribution in [0.25, 0.3) is 0 Å². The van der Waals surface area contributed by atoms with E-state index in [-0.39, 0.29) is 17.7 Å². The van der Waals surface area contributed by atoms with Crippen LogP contribution in [0.5, 0.6) is 0 Å². The minimum absolute atomic E-state index is 0.0963. The average Bonchev–Trinajstić information content (AvgIpc) is 3.30. The van der Waals surface area contributed by atoms with Crippen LogP contribution in [0, 0.1) is 5.82 Å². The molecule has 4 rings (SSSR count). The lowest BCUT2D eigenvalue weighted by atomic mass is 9.89. The van der Waals surface area contributed by atoms with E-state index in [1.54, 1.807) is 10.4 Å². The Morgan fingerprint density at radius 2 is 1.53 bits per heavy atom. The second-order valence-electron chi connectivity index (χ2n) is 11.0. The van der Waals surface area contributed by atoms with Gasteiger partial charge in [0.2, 0.25) is 10.0 Å². The Bertz CT molecular complexity index is 1350. The van der Waals surface area contributed by atoms with Crippen molar-refractivity contribution in [3.05, 3.63) is 74.5 Å². The minimum Gasteiger partial charge on any atom is -0.345 e. The number of anilines is 1. The second kappa shape index (κ2) is 11.6. The molecule has 2 aromatic carbocycles. The van der Waals surface area contributed by atoms with Crippen molar-refractivity contribution in [2.24, 2.45) is 0 Å². The van der Waals surface area contributed by atoms with E-state index in [1.165, 1.54) is 29.0 Å². The number of rotatable bonds is 8. The summed E-state index contributed by atoms with van der Waals surface area (Å²) in [7, 11) is -3.66. The van der Waals surface area contributed by atoms with Gasteiger partial charge in [0.25, 0.3) is 0 Å². The summed E-state index contributed by atoms with van der Waals surface area (Å²) in [6, 6.07) is 8.69. The lowest BCUT2D eigenvalue weighted by Gasteiger charge is -2.35. The molecule has 0 radical (unpaired) electrons. The first-order chi connectivity index (χ1) is 17.9. The first-order valence-corrected chi connectivity index (χ1v) is 15.9. The molecule has 1 saturated heterocycles. The van der Waals surface area contributed by atoms with Crippen LogP contribution in [0.3, 0.4) is 0 Å². The molecule has 1 aromatic heterocycles. The summed E-state index contributed by atoms with van der Waals surface area (Å²) in [5.41, 5.74) is 4.61. The number of halogens is 2. The van der Waals surface area contributed by atoms with Gasteiger partial charge in [-0.2, -0.15) is 4.31 Å². The number of sulfonamides is 1. The van der Waals surface area contributed by atoms with Crippen molar-refractivity contribution in [2.75, 3.05) is 31.1 Å². The van der Waals surface area contributed by atoms with Crippen LogP contribution in [0.1, 0.15) is 87.2 Å². The van der Waals surface area contributed by atoms with E-state index >= 15 is 0 Å². The Labute approximate surface area is 235 Å². The zero-order valence-corrected chi connectivity index (χ0v) is 25.4. The molecule has 3 aromatic rings. The summed E-state index contributed by atoms with van der Waals surface area (Å²) in [6.07, 6.45) is 0.491. The summed E-state index contributed by atoms with van der Waals surface area (Å²) in [5.74, 6) is 0.157. The van der Waals surface area contributed by atoms with Crippen molar-refractivity contribution in [3.8, 4) is 0 Å². The number of thiazole rings is 1. The normalized spacial score (nSPS) is 15.3. The Balaban J connectivity index is 1.53. The standard InChI is InChI=1S/C29H37ClFN3O2S2/c1-18(2)22-14-26(19(3)4)28(27(15-22)20(5)6)38(35,36)34-9-7-33(8-10-34)29-32-25(17-37-29)13-21-11-23(30)16-24(31)12-21/h11-12,14-20H,7-10,13H2,1-6H3. The van der Waals surface area contributed by atoms with Gasteiger partial charge in [-0.05, 0) is 58.2 Å². The molecule has 0 spiro atoms. The number of benzene rings is 2. The van der Waals surface area contributed by atoms with Gasteiger partial charge < -0.3 is 4.90 Å². The Morgan fingerprint density at radius 3 is 2.05 bits per heavy atom. The van der Waals surface area contributed by atoms with Crippen molar-refractivity contribution < 1.29 is 12.8 Å². The third kappa shape index (κ3) is 6.24. The van der Waals surface area contributed by atoms with Gasteiger partial charge in [-0.1, -0.05) is 65.3 Å². The molecule has 38 heavy (non-hydrogen) atoms. The van der Waals surface area contributed by atoms with E-state index in [4.69, 9.17) is 16.6 Å². The zero-order valence-electron chi connectivity index (χ0n) is 23.0. The molecule has 2 heterocycles. The van der Waals surface area contributed by atoms with Crippen molar-refractivity contribution in [1.29, 1.82) is 0 Å². The third-order valence-corrected chi connectivity index (χ3v) is 10.2. The fourth-order valence-corrected chi connectivity index (χ4v) is 8.09. The van der Waals surface area contributed by atoms with Crippen LogP contribution in [-0.4, -0.2) is 43.9 Å². The summed E-state index contributed by atoms with van der Waals surface area (Å²) < 4.78 is 43.5. The van der Waals surface area contributed by atoms with Crippen LogP contribution in [0.15, 0.2) is 40.6 Å². The van der Waals surface area contributed by atoms with E-state index < -0.39 is 10.0 Å². The van der Waals surface area contributed by atoms with Crippen LogP contribution in [-0.2, 0) is 16.4 Å². The van der Waals surface area contributed by atoms with E-state index in [2.05, 4.69) is 58.6 Å². The number of piperazine rings is 1. The lowest BCUT2D eigenvalue weighted by Crippen LogP contribution is -2.49. The molecule has 1 fully saturated rings. The van der Waals surface area contributed by atoms with E-state index in [1.807, 2.05) is 5.38 Å². The summed E-state index contributed by atoms with van der Waals surface area (Å²) >= 11 is 7.52. The van der Waals surface area contributed by atoms with Crippen molar-refractivity contribution in [3.63, 3.8) is 0 Å². The van der Waals surface area contributed by atoms with E-state index in [9.17, 15) is 12.8 Å². The van der Waals surface area contributed by atoms with Gasteiger partial charge in [0.05, 0.1) is 10.6 Å². The fourth-order valence-electron chi connectivity index (χ4n) is 4.88. The smallest absolute Gasteiger partial charge is 0.243 e. The summed E-state index contributed by atoms with van der Waals surface area (Å²) in [6.45, 7) is 14.5. The molecule has 0 bridgehead atoms. The highest BCUT2D eigenvalue weighted by Gasteiger charge is 2.34. The SMILES string of the molecule is CC(C)c1cc(C(C)C)c(S(=O)(=O)N2CCN(c3nc(Cc4cc(F)cc(Cl)c4)cs3)CC2)c(C(C)C)c1. The Hall–Kier alpha value is -2.00. The predicted octanol–water partition coefficient (Wildman–Crippen LogP) is 7.41. The molecule has 0 amide bonds. The van der Waals surface area contributed by atoms with Gasteiger partial charge in [0, 0.05) is 43.0 Å². The van der Waals surface area contributed by atoms with Gasteiger partial charge in [-0.25, -0.2) is 17.8 Å². The molecule has 206 valence electrons. The average molecular weight is 578 g/mol. The van der Waals surface area contributed by atoms with Gasteiger partial charge >= 0.3 is 0 Å². The van der Waals surface area contributed by atoms with Crippen LogP contribution < -0.4 is 4.90 Å². The molecule has 0 atom stereocenters. The van der Waals surface area contributed by atoms with Crippen molar-refractivity contribution >= 4 is 38.1 Å². The number of nitrogens with zero attached hydrogens (tertiary/aromatic N) is 3. The van der Waals surface area contributed by atoms with Gasteiger partial charge in [-0.15, -0.1) is 11.3 Å². The van der Waals surface area contributed by atoms with Gasteiger partial charge in [0.15, 0.2) is 5.13 Å². The minimum atomic E-state index is -3.66. The van der Waals surface area contributed by atoms with E-state index in [0.717, 1.165) is 27.5 Å². The molecule has 0 N–H and O–H groups in total. The molecule has 0 saturated carbocycles. The van der Waals surface area contributed by atoms with Crippen LogP contribution >= 0.6 is 22.9 Å². The quantitative estimate of drug-likeness (QED) is 0.280. The molecule has 5 nitrogen and oxygen atoms in total. The third-order valence-electron chi connectivity index (χ3n) is 7.03. The van der Waals surface area contributed by atoms with Crippen molar-refractivity contribution in [2.45, 2.75) is 70.6 Å². The van der Waals surface area contributed by atoms with Gasteiger partial charge in [0.1, 0.15) is 5.82 Å². The second-order valence-corrected chi connectivity index (χ2v) is 14.1. The zero-order chi connectivity index (χ0) is 27.8. The topological polar surface area (TPSA) is 53.5 Å². The monoisotopic (exact) mass is 577 g/mol. The van der Waals surface area contributed by atoms with Crippen molar-refractivity contribution in [1.82, 2.24) is 9.29 Å². The maximum absolute atomic E-state index is 14.1. The van der Waals surface area contributed by atoms with Crippen LogP contribution in [0.4, 0.5) is 9.52 Å². The number of hydrogen-bond donors (Lipinski definition) is 0. The molecule has 0 aliphatic carbocycles. The van der Waals surface area contributed by atoms with Crippen LogP contribution in [0.2, 0.25) is 5.02 Å². The molecule has 1 aliphatic heterocycles. The lowest BCUT2D eigenvalue weighted by molar-refractivity contribution is 0.383.